The summed E-state index contributed by atoms with van der Waals surface area (Å²) < 4.78 is 10.3. The number of hydrogen-bond acceptors (Lipinski definition) is 5. The van der Waals surface area contributed by atoms with Crippen molar-refractivity contribution in [3.05, 3.63) is 108 Å². The number of benzene rings is 2. The van der Waals surface area contributed by atoms with Gasteiger partial charge in [0.25, 0.3) is 0 Å². The van der Waals surface area contributed by atoms with Gasteiger partial charge in [0.1, 0.15) is 12.7 Å². The van der Waals surface area contributed by atoms with Crippen molar-refractivity contribution in [1.29, 1.82) is 0 Å². The Balaban J connectivity index is 1.42. The first-order valence-electron chi connectivity index (χ1n) is 9.91. The van der Waals surface area contributed by atoms with Gasteiger partial charge < -0.3 is 14.5 Å². The molecular weight excluding hydrogens is 380 g/mol. The maximum atomic E-state index is 12.4. The highest BCUT2D eigenvalue weighted by Crippen LogP contribution is 2.18. The van der Waals surface area contributed by atoms with Gasteiger partial charge in [-0.05, 0) is 29.7 Å². The highest BCUT2D eigenvalue weighted by molar-refractivity contribution is 5.67. The van der Waals surface area contributed by atoms with Crippen LogP contribution in [-0.2, 0) is 29.0 Å². The van der Waals surface area contributed by atoms with Crippen LogP contribution in [0.1, 0.15) is 16.7 Å². The summed E-state index contributed by atoms with van der Waals surface area (Å²) in [5, 5.41) is 2.95. The van der Waals surface area contributed by atoms with Crippen molar-refractivity contribution in [1.82, 2.24) is 10.8 Å². The highest BCUT2D eigenvalue weighted by Gasteiger charge is 2.28. The molecule has 30 heavy (non-hydrogen) atoms. The Labute approximate surface area is 175 Å². The predicted molar refractivity (Wildman–Crippen MR) is 112 cm³/mol. The highest BCUT2D eigenvalue weighted by atomic mass is 16.7. The normalized spacial score (nSPS) is 16.4. The number of furan rings is 1. The van der Waals surface area contributed by atoms with Gasteiger partial charge in [-0.3, -0.25) is 10.3 Å². The number of alkyl carbamates (subject to hydrolysis) is 1. The van der Waals surface area contributed by atoms with Crippen molar-refractivity contribution in [3.8, 4) is 0 Å². The zero-order valence-electron chi connectivity index (χ0n) is 16.5. The van der Waals surface area contributed by atoms with Crippen LogP contribution in [-0.4, -0.2) is 18.2 Å². The summed E-state index contributed by atoms with van der Waals surface area (Å²) in [6.45, 7) is 0.152. The standard InChI is InChI=1S/C24H24N2O4/c27-24(29-17-20-11-12-28-16-20)25-22(14-19-9-5-2-6-10-19)23-15-21(26-30-23)13-18-7-3-1-4-8-18/h1-12,15-16,22-23,26H,13-14,17H2,(H,25,27). The third-order valence-electron chi connectivity index (χ3n) is 4.88. The third kappa shape index (κ3) is 5.52. The van der Waals surface area contributed by atoms with E-state index in [0.717, 1.165) is 23.2 Å². The molecule has 3 aromatic rings. The molecule has 2 N–H and O–H groups in total. The summed E-state index contributed by atoms with van der Waals surface area (Å²) >= 11 is 0. The average molecular weight is 404 g/mol. The molecule has 1 aromatic heterocycles. The number of nitrogens with one attached hydrogen (secondary N) is 2. The second-order valence-electron chi connectivity index (χ2n) is 7.19. The lowest BCUT2D eigenvalue weighted by molar-refractivity contribution is 0.0191. The molecule has 0 aliphatic carbocycles. The summed E-state index contributed by atoms with van der Waals surface area (Å²) in [5.41, 5.74) is 7.07. The minimum absolute atomic E-state index is 0.152. The van der Waals surface area contributed by atoms with Gasteiger partial charge in [-0.15, -0.1) is 0 Å². The van der Waals surface area contributed by atoms with E-state index in [1.54, 1.807) is 18.6 Å². The number of hydroxylamine groups is 1. The lowest BCUT2D eigenvalue weighted by Crippen LogP contribution is -2.45. The summed E-state index contributed by atoms with van der Waals surface area (Å²) in [6, 6.07) is 21.6. The second kappa shape index (κ2) is 9.80. The number of hydrogen-bond donors (Lipinski definition) is 2. The maximum Gasteiger partial charge on any atom is 0.407 e. The first kappa shape index (κ1) is 19.8. The molecule has 1 aliphatic rings. The van der Waals surface area contributed by atoms with Gasteiger partial charge in [0.2, 0.25) is 0 Å². The molecule has 0 fully saturated rings. The van der Waals surface area contributed by atoms with Crippen LogP contribution >= 0.6 is 0 Å². The Bertz CT molecular complexity index is 955. The van der Waals surface area contributed by atoms with Crippen LogP contribution in [0.25, 0.3) is 0 Å². The molecule has 1 aliphatic heterocycles. The van der Waals surface area contributed by atoms with E-state index in [1.807, 2.05) is 54.6 Å². The number of rotatable bonds is 8. The molecule has 0 bridgehead atoms. The average Bonchev–Trinajstić information content (AvgIpc) is 3.46. The largest absolute Gasteiger partial charge is 0.472 e. The summed E-state index contributed by atoms with van der Waals surface area (Å²) in [7, 11) is 0. The van der Waals surface area contributed by atoms with Crippen molar-refractivity contribution < 1.29 is 18.8 Å². The monoisotopic (exact) mass is 404 g/mol. The third-order valence-corrected chi connectivity index (χ3v) is 4.88. The van der Waals surface area contributed by atoms with E-state index >= 15 is 0 Å². The molecule has 154 valence electrons. The van der Waals surface area contributed by atoms with E-state index in [2.05, 4.69) is 22.9 Å². The molecule has 6 heteroatoms. The Morgan fingerprint density at radius 2 is 1.73 bits per heavy atom. The molecule has 2 atom stereocenters. The van der Waals surface area contributed by atoms with Gasteiger partial charge in [0, 0.05) is 17.7 Å². The SMILES string of the molecule is O=C(NC(Cc1ccccc1)C1C=C(Cc2ccccc2)NO1)OCc1ccoc1. The fourth-order valence-electron chi connectivity index (χ4n) is 3.35. The van der Waals surface area contributed by atoms with Crippen LogP contribution in [0.2, 0.25) is 0 Å². The number of allylic oxidation sites excluding steroid dienone is 1. The van der Waals surface area contributed by atoms with Crippen LogP contribution < -0.4 is 10.8 Å². The minimum Gasteiger partial charge on any atom is -0.472 e. The van der Waals surface area contributed by atoms with Crippen LogP contribution in [0, 0.1) is 0 Å². The van der Waals surface area contributed by atoms with Crippen LogP contribution in [0.5, 0.6) is 0 Å². The van der Waals surface area contributed by atoms with Crippen LogP contribution in [0.3, 0.4) is 0 Å². The number of carbonyl (C=O) groups is 1. The fourth-order valence-corrected chi connectivity index (χ4v) is 3.35. The molecule has 0 spiro atoms. The van der Waals surface area contributed by atoms with Crippen molar-refractivity contribution in [2.24, 2.45) is 0 Å². The maximum absolute atomic E-state index is 12.4. The lowest BCUT2D eigenvalue weighted by Gasteiger charge is -2.22. The number of ether oxygens (including phenoxy) is 1. The molecule has 0 radical (unpaired) electrons. The van der Waals surface area contributed by atoms with Crippen molar-refractivity contribution in [2.45, 2.75) is 31.6 Å². The number of amides is 1. The molecule has 4 rings (SSSR count). The van der Waals surface area contributed by atoms with Gasteiger partial charge in [0.05, 0.1) is 18.6 Å². The van der Waals surface area contributed by atoms with E-state index < -0.39 is 6.09 Å². The van der Waals surface area contributed by atoms with Crippen LogP contribution in [0.15, 0.2) is 95.4 Å². The molecule has 2 heterocycles. The Hall–Kier alpha value is -3.51. The Morgan fingerprint density at radius 3 is 2.43 bits per heavy atom. The van der Waals surface area contributed by atoms with Crippen LogP contribution in [0.4, 0.5) is 4.79 Å². The minimum atomic E-state index is -0.495. The smallest absolute Gasteiger partial charge is 0.407 e. The molecular formula is C24H24N2O4. The Morgan fingerprint density at radius 1 is 1.00 bits per heavy atom. The molecule has 6 nitrogen and oxygen atoms in total. The molecule has 0 saturated heterocycles. The topological polar surface area (TPSA) is 72.7 Å². The summed E-state index contributed by atoms with van der Waals surface area (Å²) in [4.78, 5) is 18.2. The zero-order chi connectivity index (χ0) is 20.6. The summed E-state index contributed by atoms with van der Waals surface area (Å²) in [5.74, 6) is 0. The van der Waals surface area contributed by atoms with Gasteiger partial charge in [-0.2, -0.15) is 0 Å². The van der Waals surface area contributed by atoms with Crippen molar-refractivity contribution >= 4 is 6.09 Å². The quantitative estimate of drug-likeness (QED) is 0.590. The Kier molecular flexibility index (Phi) is 6.47. The van der Waals surface area contributed by atoms with Gasteiger partial charge in [-0.25, -0.2) is 4.79 Å². The van der Waals surface area contributed by atoms with Crippen molar-refractivity contribution in [3.63, 3.8) is 0 Å². The molecule has 0 saturated carbocycles. The predicted octanol–water partition coefficient (Wildman–Crippen LogP) is 4.15. The fraction of sp³-hybridized carbons (Fsp3) is 0.208. The number of carbonyl (C=O) groups excluding carboxylic acids is 1. The van der Waals surface area contributed by atoms with Crippen molar-refractivity contribution in [2.75, 3.05) is 0 Å². The lowest BCUT2D eigenvalue weighted by atomic mass is 10.00. The van der Waals surface area contributed by atoms with E-state index in [9.17, 15) is 4.79 Å². The van der Waals surface area contributed by atoms with E-state index in [4.69, 9.17) is 14.0 Å². The summed E-state index contributed by atoms with van der Waals surface area (Å²) in [6.07, 6.45) is 5.67. The molecule has 2 aromatic carbocycles. The van der Waals surface area contributed by atoms with Gasteiger partial charge in [0.15, 0.2) is 0 Å². The second-order valence-corrected chi connectivity index (χ2v) is 7.19. The zero-order valence-corrected chi connectivity index (χ0v) is 16.5. The first-order valence-corrected chi connectivity index (χ1v) is 9.91. The van der Waals surface area contributed by atoms with E-state index in [1.165, 1.54) is 5.56 Å². The van der Waals surface area contributed by atoms with Gasteiger partial charge in [-0.1, -0.05) is 60.7 Å². The first-order chi connectivity index (χ1) is 14.8. The van der Waals surface area contributed by atoms with Gasteiger partial charge >= 0.3 is 6.09 Å². The van der Waals surface area contributed by atoms with E-state index in [-0.39, 0.29) is 18.8 Å². The molecule has 1 amide bonds. The molecule has 2 unspecified atom stereocenters. The van der Waals surface area contributed by atoms with E-state index in [0.29, 0.717) is 6.42 Å².